The first-order valence-electron chi connectivity index (χ1n) is 25.6. The molecule has 0 unspecified atom stereocenters. The summed E-state index contributed by atoms with van der Waals surface area (Å²) in [5.41, 5.74) is -3.71. The molecule has 3 aromatic carbocycles. The Hall–Kier alpha value is -6.53. The van der Waals surface area contributed by atoms with E-state index >= 15 is 4.79 Å². The van der Waals surface area contributed by atoms with E-state index in [4.69, 9.17) is 23.7 Å². The molecule has 1 aromatic heterocycles. The van der Waals surface area contributed by atoms with Gasteiger partial charge < -0.3 is 53.4 Å². The van der Waals surface area contributed by atoms with Gasteiger partial charge in [-0.05, 0) is 85.7 Å². The number of benzene rings is 3. The number of nitrogens with zero attached hydrogens (tertiary/aromatic N) is 3. The van der Waals surface area contributed by atoms with Gasteiger partial charge in [-0.25, -0.2) is 4.79 Å². The van der Waals surface area contributed by atoms with Crippen molar-refractivity contribution in [2.75, 3.05) is 72.6 Å². The first kappa shape index (κ1) is 51.0. The zero-order valence-electron chi connectivity index (χ0n) is 43.1. The molecule has 6 heterocycles. The SMILES string of the molecule is CC[C@]1(O)C[C@@H]2C[C@](C(=O)OC)(c3cc4c(cc3OC)N(C=O)[C@H]3[C@@](O)(C(=O)OC)[C@H](OC(C)=O)[C@]5(CC)C=CCN6CC[C@]43[C@@H]65)c3[nH]c4ccccc4c3CC[N@+](CC(=O)/C=C/c3ccc(O)c(OC)c3)(C2)C1. The number of aromatic hydroxyl groups is 1. The number of aliphatic hydroxyl groups is 2. The minimum atomic E-state index is -2.60. The van der Waals surface area contributed by atoms with Crippen LogP contribution in [0.5, 0.6) is 17.2 Å². The molecule has 6 aliphatic rings. The smallest absolute Gasteiger partial charge is 0.344 e. The summed E-state index contributed by atoms with van der Waals surface area (Å²) in [6.45, 7) is 7.33. The Morgan fingerprint density at radius 1 is 0.905 bits per heavy atom. The summed E-state index contributed by atoms with van der Waals surface area (Å²) >= 11 is 0. The molecular weight excluding hydrogens is 949 g/mol. The number of para-hydroxylation sites is 1. The van der Waals surface area contributed by atoms with Gasteiger partial charge in [0.25, 0.3) is 0 Å². The summed E-state index contributed by atoms with van der Waals surface area (Å²) in [6.07, 6.45) is 8.11. The fourth-order valence-electron chi connectivity index (χ4n) is 15.4. The Balaban J connectivity index is 1.21. The maximum absolute atomic E-state index is 15.8. The number of carbonyl (C=O) groups excluding carboxylic acids is 5. The van der Waals surface area contributed by atoms with E-state index < -0.39 is 69.5 Å². The van der Waals surface area contributed by atoms with Crippen molar-refractivity contribution in [2.24, 2.45) is 11.3 Å². The van der Waals surface area contributed by atoms with E-state index in [2.05, 4.69) is 9.88 Å². The largest absolute Gasteiger partial charge is 0.504 e. The number of aromatic nitrogens is 1. The number of anilines is 1. The third-order valence-electron chi connectivity index (χ3n) is 18.1. The van der Waals surface area contributed by atoms with Gasteiger partial charge >= 0.3 is 17.9 Å². The van der Waals surface area contributed by atoms with Crippen LogP contribution >= 0.6 is 0 Å². The molecule has 0 radical (unpaired) electrons. The molecular formula is C57H67N4O13+. The lowest BCUT2D eigenvalue weighted by molar-refractivity contribution is -0.935. The first-order valence-corrected chi connectivity index (χ1v) is 25.6. The lowest BCUT2D eigenvalue weighted by Crippen LogP contribution is -2.81. The van der Waals surface area contributed by atoms with E-state index in [-0.39, 0.29) is 40.5 Å². The molecule has 17 heteroatoms. The molecule has 17 nitrogen and oxygen atoms in total. The number of fused-ring (bicyclic) bond motifs is 6. The predicted molar refractivity (Wildman–Crippen MR) is 273 cm³/mol. The Bertz CT molecular complexity index is 3020. The fourth-order valence-corrected chi connectivity index (χ4v) is 15.4. The van der Waals surface area contributed by atoms with E-state index in [1.54, 1.807) is 24.3 Å². The van der Waals surface area contributed by atoms with Crippen molar-refractivity contribution in [3.63, 3.8) is 0 Å². The number of methoxy groups -OCH3 is 4. The van der Waals surface area contributed by atoms with E-state index in [0.717, 1.165) is 23.6 Å². The number of esters is 3. The molecule has 1 spiro atoms. The average molecular weight is 1020 g/mol. The van der Waals surface area contributed by atoms with E-state index in [1.165, 1.54) is 45.3 Å². The van der Waals surface area contributed by atoms with Crippen LogP contribution in [0, 0.1) is 11.3 Å². The number of H-pyrrole nitrogens is 1. The normalized spacial score (nSPS) is 32.8. The third kappa shape index (κ3) is 7.27. The second-order valence-corrected chi connectivity index (χ2v) is 21.7. The highest BCUT2D eigenvalue weighted by atomic mass is 16.6. The Kier molecular flexibility index (Phi) is 12.7. The fraction of sp³-hybridized carbons (Fsp3) is 0.491. The summed E-state index contributed by atoms with van der Waals surface area (Å²) in [6, 6.07) is 14.4. The number of rotatable bonds is 13. The number of phenols is 1. The number of hydrogen-bond donors (Lipinski definition) is 4. The van der Waals surface area contributed by atoms with Crippen LogP contribution in [0.1, 0.15) is 80.8 Å². The second kappa shape index (κ2) is 18.4. The van der Waals surface area contributed by atoms with Crippen LogP contribution in [-0.2, 0) is 55.4 Å². The number of ketones is 1. The molecule has 2 saturated heterocycles. The molecule has 1 amide bonds. The molecule has 74 heavy (non-hydrogen) atoms. The number of nitrogens with one attached hydrogen (secondary N) is 1. The second-order valence-electron chi connectivity index (χ2n) is 21.7. The predicted octanol–water partition coefficient (Wildman–Crippen LogP) is 5.03. The van der Waals surface area contributed by atoms with Crippen molar-refractivity contribution in [1.29, 1.82) is 0 Å². The monoisotopic (exact) mass is 1020 g/mol. The van der Waals surface area contributed by atoms with Gasteiger partial charge in [-0.1, -0.05) is 56.3 Å². The number of ether oxygens (including phenoxy) is 5. The summed E-state index contributed by atoms with van der Waals surface area (Å²) in [7, 11) is 5.46. The molecule has 1 aliphatic carbocycles. The molecule has 4 N–H and O–H groups in total. The van der Waals surface area contributed by atoms with Gasteiger partial charge in [0.1, 0.15) is 29.9 Å². The Labute approximate surface area is 430 Å². The van der Waals surface area contributed by atoms with Gasteiger partial charge in [-0.15, -0.1) is 0 Å². The summed E-state index contributed by atoms with van der Waals surface area (Å²) in [5, 5.41) is 37.3. The third-order valence-corrected chi connectivity index (χ3v) is 18.1. The number of amides is 1. The maximum atomic E-state index is 15.8. The minimum absolute atomic E-state index is 0.0206. The molecule has 10 rings (SSSR count). The molecule has 392 valence electrons. The Morgan fingerprint density at radius 3 is 2.35 bits per heavy atom. The van der Waals surface area contributed by atoms with Crippen LogP contribution in [0.2, 0.25) is 0 Å². The lowest BCUT2D eigenvalue weighted by Gasteiger charge is -2.63. The van der Waals surface area contributed by atoms with Crippen LogP contribution in [0.3, 0.4) is 0 Å². The molecule has 10 atom stereocenters. The van der Waals surface area contributed by atoms with Crippen LogP contribution < -0.4 is 14.4 Å². The topological polar surface area (TPSA) is 214 Å². The zero-order chi connectivity index (χ0) is 52.8. The standard InChI is InChI=1S/C57H66N4O13/c1-8-53(68)28-36-29-56(51(66)72-6,47-39(38-13-10-11-14-42(38)58-47)19-24-61(30-36,32-53)31-37(64)17-15-35-16-18-44(65)46(25-35)71-5)41-26-40-43(27-45(41)70-4)60(33-62)49-55(40)21-23-59-22-12-20-54(9-2,48(55)59)50(74-34(3)63)57(49,69)52(67)73-7/h10-18,20,25-27,33,36,48-50,58,68-69H,8-9,19,21-24,28-32H2,1-7H3/p+1/t36-,48+,49-,50-,53+,54-,55-,56+,57+,61-/m1/s1. The minimum Gasteiger partial charge on any atom is -0.504 e. The molecule has 5 aliphatic heterocycles. The highest BCUT2D eigenvalue weighted by molar-refractivity contribution is 5.97. The lowest BCUT2D eigenvalue weighted by atomic mass is 9.47. The zero-order valence-corrected chi connectivity index (χ0v) is 43.1. The molecule has 1 saturated carbocycles. The van der Waals surface area contributed by atoms with Gasteiger partial charge in [-0.3, -0.25) is 24.1 Å². The quantitative estimate of drug-likeness (QED) is 0.0346. The highest BCUT2D eigenvalue weighted by Gasteiger charge is 2.81. The summed E-state index contributed by atoms with van der Waals surface area (Å²) in [5.74, 6) is -2.46. The van der Waals surface area contributed by atoms with Crippen LogP contribution in [-0.4, -0.2) is 157 Å². The number of carbonyl (C=O) groups is 5. The van der Waals surface area contributed by atoms with Gasteiger partial charge in [0.05, 0.1) is 53.3 Å². The van der Waals surface area contributed by atoms with Crippen molar-refractivity contribution in [2.45, 2.75) is 99.5 Å². The first-order chi connectivity index (χ1) is 35.4. The number of quaternary nitrogens is 1. The molecule has 3 fully saturated rings. The molecule has 4 aromatic rings. The van der Waals surface area contributed by atoms with E-state index in [0.29, 0.717) is 99.3 Å². The number of hydrogen-bond acceptors (Lipinski definition) is 14. The van der Waals surface area contributed by atoms with Gasteiger partial charge in [-0.2, -0.15) is 0 Å². The van der Waals surface area contributed by atoms with Gasteiger partial charge in [0.15, 0.2) is 17.6 Å². The highest BCUT2D eigenvalue weighted by Crippen LogP contribution is 2.68. The van der Waals surface area contributed by atoms with E-state index in [1.807, 2.05) is 56.3 Å². The van der Waals surface area contributed by atoms with Crippen LogP contribution in [0.25, 0.3) is 17.0 Å². The Morgan fingerprint density at radius 2 is 1.66 bits per heavy atom. The van der Waals surface area contributed by atoms with Crippen molar-refractivity contribution in [3.8, 4) is 17.2 Å². The van der Waals surface area contributed by atoms with Crippen LogP contribution in [0.4, 0.5) is 5.69 Å². The number of aromatic amines is 1. The van der Waals surface area contributed by atoms with Crippen molar-refractivity contribution < 1.29 is 67.5 Å². The van der Waals surface area contributed by atoms with Gasteiger partial charge in [0.2, 0.25) is 17.8 Å². The van der Waals surface area contributed by atoms with Gasteiger partial charge in [0, 0.05) is 70.9 Å². The van der Waals surface area contributed by atoms with Crippen molar-refractivity contribution in [3.05, 3.63) is 101 Å². The van der Waals surface area contributed by atoms with E-state index in [9.17, 15) is 34.5 Å². The number of phenolic OH excluding ortho intramolecular Hbond substituents is 1. The molecule has 2 bridgehead atoms. The van der Waals surface area contributed by atoms with Crippen molar-refractivity contribution in [1.82, 2.24) is 9.88 Å². The number of piperidine rings is 1. The van der Waals surface area contributed by atoms with Crippen LogP contribution in [0.15, 0.2) is 72.8 Å². The summed E-state index contributed by atoms with van der Waals surface area (Å²) in [4.78, 5) is 79.2. The average Bonchev–Trinajstić information content (AvgIpc) is 4.19. The van der Waals surface area contributed by atoms with Crippen molar-refractivity contribution >= 4 is 52.8 Å². The maximum Gasteiger partial charge on any atom is 0.344 e. The summed E-state index contributed by atoms with van der Waals surface area (Å²) < 4.78 is 29.5.